The number of benzene rings is 1. The summed E-state index contributed by atoms with van der Waals surface area (Å²) in [5.74, 6) is -0.823. The van der Waals surface area contributed by atoms with E-state index < -0.39 is 17.4 Å². The lowest BCUT2D eigenvalue weighted by Crippen LogP contribution is -2.50. The third kappa shape index (κ3) is 1.79. The van der Waals surface area contributed by atoms with Gasteiger partial charge in [-0.05, 0) is 35.6 Å². The molecule has 2 fully saturated rings. The average Bonchev–Trinajstić information content (AvgIpc) is 3.27. The molecule has 3 aliphatic carbocycles. The van der Waals surface area contributed by atoms with Gasteiger partial charge in [-0.25, -0.2) is 4.79 Å². The van der Waals surface area contributed by atoms with Crippen molar-refractivity contribution in [3.05, 3.63) is 34.9 Å². The molecular weight excluding hydrogens is 336 g/mol. The van der Waals surface area contributed by atoms with Crippen molar-refractivity contribution in [2.24, 2.45) is 5.41 Å². The second-order valence-corrected chi connectivity index (χ2v) is 7.77. The highest BCUT2D eigenvalue weighted by Crippen LogP contribution is 2.67. The molecule has 0 radical (unpaired) electrons. The summed E-state index contributed by atoms with van der Waals surface area (Å²) >= 11 is 0. The number of hydrogen-bond donors (Lipinski definition) is 1. The highest BCUT2D eigenvalue weighted by molar-refractivity contribution is 5.98. The molecule has 6 heteroatoms. The van der Waals surface area contributed by atoms with Crippen LogP contribution in [0.1, 0.15) is 40.7 Å². The van der Waals surface area contributed by atoms with Gasteiger partial charge < -0.3 is 24.1 Å². The van der Waals surface area contributed by atoms with E-state index >= 15 is 0 Å². The van der Waals surface area contributed by atoms with Crippen LogP contribution in [0.2, 0.25) is 0 Å². The first-order valence-corrected chi connectivity index (χ1v) is 8.97. The topological polar surface area (TPSA) is 74.2 Å². The molecule has 6 nitrogen and oxygen atoms in total. The van der Waals surface area contributed by atoms with Crippen LogP contribution in [0.3, 0.4) is 0 Å². The standard InChI is InChI=1S/C20H22O6/c1-23-15-4-3-12-13(16(15)17(21)24-2)9-18-10-19(22,6-5-14(12)18)20(11-18)25-7-8-26-20/h3-5,22H,6-11H2,1-2H3. The van der Waals surface area contributed by atoms with E-state index in [1.807, 2.05) is 12.1 Å². The van der Waals surface area contributed by atoms with Crippen LogP contribution in [0.4, 0.5) is 0 Å². The molecule has 138 valence electrons. The van der Waals surface area contributed by atoms with Crippen LogP contribution < -0.4 is 4.74 Å². The van der Waals surface area contributed by atoms with Crippen LogP contribution in [0.15, 0.2) is 18.2 Å². The lowest BCUT2D eigenvalue weighted by atomic mass is 9.73. The zero-order valence-corrected chi connectivity index (χ0v) is 15.0. The Bertz CT molecular complexity index is 837. The van der Waals surface area contributed by atoms with Gasteiger partial charge in [0.05, 0.1) is 27.4 Å². The van der Waals surface area contributed by atoms with Gasteiger partial charge in [0.15, 0.2) is 5.79 Å². The second kappa shape index (κ2) is 5.09. The van der Waals surface area contributed by atoms with Crippen LogP contribution in [-0.4, -0.2) is 49.9 Å². The van der Waals surface area contributed by atoms with E-state index in [9.17, 15) is 9.90 Å². The maximum atomic E-state index is 12.5. The van der Waals surface area contributed by atoms with Crippen molar-refractivity contribution in [1.29, 1.82) is 0 Å². The maximum Gasteiger partial charge on any atom is 0.341 e. The molecule has 2 spiro atoms. The predicted molar refractivity (Wildman–Crippen MR) is 91.9 cm³/mol. The van der Waals surface area contributed by atoms with Gasteiger partial charge in [-0.1, -0.05) is 12.1 Å². The van der Waals surface area contributed by atoms with E-state index in [4.69, 9.17) is 18.9 Å². The maximum absolute atomic E-state index is 12.5. The van der Waals surface area contributed by atoms with E-state index in [1.54, 1.807) is 7.11 Å². The molecule has 26 heavy (non-hydrogen) atoms. The Morgan fingerprint density at radius 3 is 2.65 bits per heavy atom. The van der Waals surface area contributed by atoms with Crippen molar-refractivity contribution in [3.8, 4) is 5.75 Å². The minimum Gasteiger partial charge on any atom is -0.496 e. The Morgan fingerprint density at radius 2 is 1.96 bits per heavy atom. The summed E-state index contributed by atoms with van der Waals surface area (Å²) in [6, 6.07) is 3.83. The van der Waals surface area contributed by atoms with Crippen LogP contribution >= 0.6 is 0 Å². The van der Waals surface area contributed by atoms with Crippen molar-refractivity contribution in [2.45, 2.75) is 37.1 Å². The van der Waals surface area contributed by atoms with Gasteiger partial charge in [-0.15, -0.1) is 0 Å². The summed E-state index contributed by atoms with van der Waals surface area (Å²) in [5, 5.41) is 11.3. The Labute approximate surface area is 151 Å². The normalized spacial score (nSPS) is 33.0. The summed E-state index contributed by atoms with van der Waals surface area (Å²) in [7, 11) is 2.93. The van der Waals surface area contributed by atoms with Crippen LogP contribution in [0.5, 0.6) is 5.75 Å². The molecule has 5 rings (SSSR count). The Hall–Kier alpha value is -1.89. The van der Waals surface area contributed by atoms with Gasteiger partial charge in [-0.2, -0.15) is 0 Å². The van der Waals surface area contributed by atoms with Gasteiger partial charge in [0.2, 0.25) is 0 Å². The summed E-state index contributed by atoms with van der Waals surface area (Å²) in [6.45, 7) is 1.00. The fourth-order valence-electron chi connectivity index (χ4n) is 5.61. The number of esters is 1. The number of fused-ring (bicyclic) bond motifs is 4. The quantitative estimate of drug-likeness (QED) is 0.816. The van der Waals surface area contributed by atoms with Gasteiger partial charge in [0.1, 0.15) is 16.9 Å². The van der Waals surface area contributed by atoms with Crippen molar-refractivity contribution < 1.29 is 28.8 Å². The van der Waals surface area contributed by atoms with Gasteiger partial charge in [0.25, 0.3) is 0 Å². The molecule has 0 amide bonds. The summed E-state index contributed by atoms with van der Waals surface area (Å²) in [4.78, 5) is 12.5. The number of ether oxygens (including phenoxy) is 4. The van der Waals surface area contributed by atoms with E-state index in [-0.39, 0.29) is 5.41 Å². The SMILES string of the molecule is COC(=O)c1c(OC)ccc2c1CC13CC(O)(CC=C21)C1(C3)OCCO1. The zero-order valence-electron chi connectivity index (χ0n) is 15.0. The number of carbonyl (C=O) groups is 1. The molecule has 1 N–H and O–H groups in total. The smallest absolute Gasteiger partial charge is 0.341 e. The highest BCUT2D eigenvalue weighted by atomic mass is 16.7. The number of methoxy groups -OCH3 is 2. The molecule has 1 saturated heterocycles. The molecule has 1 heterocycles. The molecule has 4 aliphatic rings. The second-order valence-electron chi connectivity index (χ2n) is 7.77. The van der Waals surface area contributed by atoms with Gasteiger partial charge in [-0.3, -0.25) is 0 Å². The fraction of sp³-hybridized carbons (Fsp3) is 0.550. The van der Waals surface area contributed by atoms with Gasteiger partial charge >= 0.3 is 5.97 Å². The summed E-state index contributed by atoms with van der Waals surface area (Å²) < 4.78 is 22.3. The highest BCUT2D eigenvalue weighted by Gasteiger charge is 2.70. The lowest BCUT2D eigenvalue weighted by molar-refractivity contribution is -0.251. The molecular formula is C20H22O6. The number of aliphatic hydroxyl groups is 1. The number of rotatable bonds is 2. The molecule has 0 aromatic heterocycles. The van der Waals surface area contributed by atoms with E-state index in [0.717, 1.165) is 11.1 Å². The molecule has 1 aromatic carbocycles. The van der Waals surface area contributed by atoms with Crippen molar-refractivity contribution in [2.75, 3.05) is 27.4 Å². The molecule has 2 unspecified atom stereocenters. The first-order valence-electron chi connectivity index (χ1n) is 8.97. The van der Waals surface area contributed by atoms with Crippen molar-refractivity contribution in [3.63, 3.8) is 0 Å². The first kappa shape index (κ1) is 16.3. The van der Waals surface area contributed by atoms with Crippen molar-refractivity contribution in [1.82, 2.24) is 0 Å². The van der Waals surface area contributed by atoms with Crippen LogP contribution in [0, 0.1) is 5.41 Å². The zero-order chi connectivity index (χ0) is 18.2. The Balaban J connectivity index is 1.66. The van der Waals surface area contributed by atoms with Gasteiger partial charge in [0, 0.05) is 18.3 Å². The van der Waals surface area contributed by atoms with Crippen molar-refractivity contribution >= 4 is 11.5 Å². The minimum absolute atomic E-state index is 0.283. The minimum atomic E-state index is -1.02. The molecule has 1 aliphatic heterocycles. The lowest BCUT2D eigenvalue weighted by Gasteiger charge is -2.37. The fourth-order valence-corrected chi connectivity index (χ4v) is 5.61. The molecule has 2 bridgehead atoms. The number of hydrogen-bond acceptors (Lipinski definition) is 6. The summed E-state index contributed by atoms with van der Waals surface area (Å²) in [5.41, 5.74) is 2.33. The number of allylic oxidation sites excluding steroid dienone is 1. The van der Waals surface area contributed by atoms with Crippen LogP contribution in [0.25, 0.3) is 5.57 Å². The monoisotopic (exact) mass is 358 g/mol. The molecule has 1 saturated carbocycles. The third-order valence-corrected chi connectivity index (χ3v) is 6.57. The Kier molecular flexibility index (Phi) is 3.19. The average molecular weight is 358 g/mol. The first-order chi connectivity index (χ1) is 12.5. The summed E-state index contributed by atoms with van der Waals surface area (Å²) in [6.07, 6.45) is 4.40. The van der Waals surface area contributed by atoms with E-state index in [2.05, 4.69) is 6.08 Å². The predicted octanol–water partition coefficient (Wildman–Crippen LogP) is 2.08. The number of carbonyl (C=O) groups excluding carboxylic acids is 1. The molecule has 2 atom stereocenters. The molecule has 1 aromatic rings. The third-order valence-electron chi connectivity index (χ3n) is 6.57. The van der Waals surface area contributed by atoms with E-state index in [1.165, 1.54) is 12.7 Å². The van der Waals surface area contributed by atoms with Crippen LogP contribution in [-0.2, 0) is 20.6 Å². The van der Waals surface area contributed by atoms with E-state index in [0.29, 0.717) is 50.2 Å². The Morgan fingerprint density at radius 1 is 1.19 bits per heavy atom. The largest absolute Gasteiger partial charge is 0.496 e.